The summed E-state index contributed by atoms with van der Waals surface area (Å²) in [7, 11) is 3.77. The molecule has 0 bridgehead atoms. The summed E-state index contributed by atoms with van der Waals surface area (Å²) in [5.41, 5.74) is 3.17. The van der Waals surface area contributed by atoms with Gasteiger partial charge in [0.1, 0.15) is 5.75 Å². The second-order valence-corrected chi connectivity index (χ2v) is 5.62. The van der Waals surface area contributed by atoms with Crippen molar-refractivity contribution in [2.75, 3.05) is 20.0 Å². The first-order chi connectivity index (χ1) is 8.33. The van der Waals surface area contributed by atoms with E-state index in [1.165, 1.54) is 0 Å². The second kappa shape index (κ2) is 5.89. The van der Waals surface area contributed by atoms with Gasteiger partial charge in [-0.3, -0.25) is 9.88 Å². The summed E-state index contributed by atoms with van der Waals surface area (Å²) in [5.74, 6) is 1.52. The monoisotopic (exact) mass is 270 g/mol. The molecule has 1 rings (SSSR count). The topological polar surface area (TPSA) is 25.4 Å². The Hall–Kier alpha value is -0.800. The average Bonchev–Trinajstić information content (AvgIpc) is 2.33. The highest BCUT2D eigenvalue weighted by Gasteiger charge is 2.23. The second-order valence-electron chi connectivity index (χ2n) is 5.35. The van der Waals surface area contributed by atoms with Gasteiger partial charge < -0.3 is 4.74 Å². The Bertz CT molecular complexity index is 419. The van der Waals surface area contributed by atoms with Gasteiger partial charge in [-0.1, -0.05) is 0 Å². The molecule has 0 amide bonds. The zero-order valence-corrected chi connectivity index (χ0v) is 12.9. The van der Waals surface area contributed by atoms with Crippen LogP contribution < -0.4 is 4.74 Å². The molecule has 0 unspecified atom stereocenters. The van der Waals surface area contributed by atoms with E-state index in [2.05, 4.69) is 37.7 Å². The number of hydrogen-bond acceptors (Lipinski definition) is 3. The van der Waals surface area contributed by atoms with Gasteiger partial charge in [-0.25, -0.2) is 0 Å². The predicted molar refractivity (Wildman–Crippen MR) is 76.5 cm³/mol. The fourth-order valence-corrected chi connectivity index (χ4v) is 1.98. The Morgan fingerprint density at radius 1 is 1.39 bits per heavy atom. The van der Waals surface area contributed by atoms with Crippen molar-refractivity contribution in [2.45, 2.75) is 39.8 Å². The lowest BCUT2D eigenvalue weighted by Gasteiger charge is -2.34. The summed E-state index contributed by atoms with van der Waals surface area (Å²) in [6, 6.07) is 0. The van der Waals surface area contributed by atoms with Crippen LogP contribution in [0.1, 0.15) is 30.7 Å². The Kier molecular flexibility index (Phi) is 5.00. The number of aryl methyl sites for hydroxylation is 1. The number of methoxy groups -OCH3 is 1. The molecule has 0 saturated carbocycles. The van der Waals surface area contributed by atoms with Crippen molar-refractivity contribution in [1.29, 1.82) is 0 Å². The van der Waals surface area contributed by atoms with Crippen LogP contribution in [-0.4, -0.2) is 35.5 Å². The third-order valence-electron chi connectivity index (χ3n) is 3.50. The Morgan fingerprint density at radius 2 is 2.00 bits per heavy atom. The average molecular weight is 271 g/mol. The van der Waals surface area contributed by atoms with Gasteiger partial charge in [0, 0.05) is 35.3 Å². The molecule has 0 atom stereocenters. The van der Waals surface area contributed by atoms with E-state index in [1.807, 2.05) is 13.1 Å². The van der Waals surface area contributed by atoms with Crippen LogP contribution in [0.15, 0.2) is 6.20 Å². The minimum Gasteiger partial charge on any atom is -0.496 e. The van der Waals surface area contributed by atoms with Gasteiger partial charge in [0.05, 0.1) is 12.8 Å². The van der Waals surface area contributed by atoms with E-state index in [9.17, 15) is 0 Å². The Morgan fingerprint density at radius 3 is 2.50 bits per heavy atom. The van der Waals surface area contributed by atoms with Crippen molar-refractivity contribution in [1.82, 2.24) is 9.88 Å². The highest BCUT2D eigenvalue weighted by atomic mass is 35.5. The first-order valence-corrected chi connectivity index (χ1v) is 6.63. The van der Waals surface area contributed by atoms with Crippen LogP contribution >= 0.6 is 11.6 Å². The molecule has 18 heavy (non-hydrogen) atoms. The van der Waals surface area contributed by atoms with Crippen LogP contribution in [0.4, 0.5) is 0 Å². The number of alkyl halides is 1. The van der Waals surface area contributed by atoms with Crippen LogP contribution in [0.3, 0.4) is 0 Å². The van der Waals surface area contributed by atoms with Gasteiger partial charge in [-0.2, -0.15) is 0 Å². The molecule has 0 saturated heterocycles. The summed E-state index contributed by atoms with van der Waals surface area (Å²) >= 11 is 5.99. The highest BCUT2D eigenvalue weighted by molar-refractivity contribution is 6.18. The number of aromatic nitrogens is 1. The van der Waals surface area contributed by atoms with Gasteiger partial charge in [0.25, 0.3) is 0 Å². The molecular formula is C14H23ClN2O. The lowest BCUT2D eigenvalue weighted by molar-refractivity contribution is 0.168. The molecule has 0 aromatic carbocycles. The third kappa shape index (κ3) is 3.15. The number of hydrogen-bond donors (Lipinski definition) is 0. The van der Waals surface area contributed by atoms with Crippen molar-refractivity contribution in [3.63, 3.8) is 0 Å². The van der Waals surface area contributed by atoms with E-state index in [-0.39, 0.29) is 5.54 Å². The molecule has 0 aliphatic heterocycles. The van der Waals surface area contributed by atoms with Gasteiger partial charge >= 0.3 is 0 Å². The molecule has 0 fully saturated rings. The lowest BCUT2D eigenvalue weighted by Crippen LogP contribution is -2.42. The Labute approximate surface area is 115 Å². The standard InChI is InChI=1S/C14H23ClN2O/c1-10-7-16-12(11(2)13(10)18-6)8-17(5)14(3,4)9-15/h7H,8-9H2,1-6H3. The molecule has 0 radical (unpaired) electrons. The quantitative estimate of drug-likeness (QED) is 0.769. The molecule has 0 aliphatic carbocycles. The van der Waals surface area contributed by atoms with Gasteiger partial charge in [-0.15, -0.1) is 11.6 Å². The van der Waals surface area contributed by atoms with Crippen LogP contribution in [0.5, 0.6) is 5.75 Å². The first kappa shape index (κ1) is 15.3. The third-order valence-corrected chi connectivity index (χ3v) is 4.15. The van der Waals surface area contributed by atoms with Crippen LogP contribution in [0.2, 0.25) is 0 Å². The number of nitrogens with zero attached hydrogens (tertiary/aromatic N) is 2. The lowest BCUT2D eigenvalue weighted by atomic mass is 10.0. The Balaban J connectivity index is 2.99. The minimum absolute atomic E-state index is 0.0478. The molecule has 102 valence electrons. The zero-order chi connectivity index (χ0) is 13.9. The largest absolute Gasteiger partial charge is 0.496 e. The summed E-state index contributed by atoms with van der Waals surface area (Å²) < 4.78 is 5.43. The van der Waals surface area contributed by atoms with E-state index in [4.69, 9.17) is 16.3 Å². The molecule has 0 aliphatic rings. The maximum Gasteiger partial charge on any atom is 0.128 e. The maximum atomic E-state index is 5.99. The van der Waals surface area contributed by atoms with Crippen molar-refractivity contribution >= 4 is 11.6 Å². The molecule has 1 heterocycles. The van der Waals surface area contributed by atoms with E-state index in [0.29, 0.717) is 5.88 Å². The van der Waals surface area contributed by atoms with Crippen molar-refractivity contribution in [3.05, 3.63) is 23.0 Å². The normalized spacial score (nSPS) is 12.0. The summed E-state index contributed by atoms with van der Waals surface area (Å²) in [4.78, 5) is 6.72. The fourth-order valence-electron chi connectivity index (χ4n) is 1.77. The molecule has 4 heteroatoms. The zero-order valence-electron chi connectivity index (χ0n) is 12.2. The SMILES string of the molecule is COc1c(C)cnc(CN(C)C(C)(C)CCl)c1C. The van der Waals surface area contributed by atoms with Crippen molar-refractivity contribution < 1.29 is 4.74 Å². The highest BCUT2D eigenvalue weighted by Crippen LogP contribution is 2.26. The van der Waals surface area contributed by atoms with E-state index in [0.717, 1.165) is 29.1 Å². The van der Waals surface area contributed by atoms with E-state index in [1.54, 1.807) is 7.11 Å². The number of halogens is 1. The van der Waals surface area contributed by atoms with E-state index >= 15 is 0 Å². The number of pyridine rings is 1. The van der Waals surface area contributed by atoms with E-state index < -0.39 is 0 Å². The van der Waals surface area contributed by atoms with Gasteiger partial charge in [0.2, 0.25) is 0 Å². The maximum absolute atomic E-state index is 5.99. The summed E-state index contributed by atoms with van der Waals surface area (Å²) in [6.07, 6.45) is 1.86. The fraction of sp³-hybridized carbons (Fsp3) is 0.643. The first-order valence-electron chi connectivity index (χ1n) is 6.09. The van der Waals surface area contributed by atoms with Crippen LogP contribution in [0.25, 0.3) is 0 Å². The van der Waals surface area contributed by atoms with Gasteiger partial charge in [-0.05, 0) is 34.7 Å². The number of rotatable bonds is 5. The smallest absolute Gasteiger partial charge is 0.128 e. The number of ether oxygens (including phenoxy) is 1. The summed E-state index contributed by atoms with van der Waals surface area (Å²) in [6.45, 7) is 9.08. The molecule has 1 aromatic rings. The van der Waals surface area contributed by atoms with Gasteiger partial charge in [0.15, 0.2) is 0 Å². The van der Waals surface area contributed by atoms with Crippen LogP contribution in [-0.2, 0) is 6.54 Å². The molecule has 0 N–H and O–H groups in total. The van der Waals surface area contributed by atoms with Crippen molar-refractivity contribution in [2.24, 2.45) is 0 Å². The molecule has 1 aromatic heterocycles. The molecular weight excluding hydrogens is 248 g/mol. The summed E-state index contributed by atoms with van der Waals surface area (Å²) in [5, 5.41) is 0. The predicted octanol–water partition coefficient (Wildman–Crippen LogP) is 3.16. The van der Waals surface area contributed by atoms with Crippen LogP contribution in [0, 0.1) is 13.8 Å². The molecule has 0 spiro atoms. The molecule has 3 nitrogen and oxygen atoms in total. The minimum atomic E-state index is -0.0478. The van der Waals surface area contributed by atoms with Crippen molar-refractivity contribution in [3.8, 4) is 5.75 Å².